The monoisotopic (exact) mass is 689 g/mol. The number of hydrogen-bond donors (Lipinski definition) is 4. The van der Waals surface area contributed by atoms with Crippen molar-refractivity contribution in [3.63, 3.8) is 0 Å². The van der Waals surface area contributed by atoms with E-state index in [1.807, 2.05) is 0 Å². The van der Waals surface area contributed by atoms with Crippen molar-refractivity contribution >= 4 is 39.4 Å². The molecule has 0 aromatic carbocycles. The van der Waals surface area contributed by atoms with Gasteiger partial charge in [-0.2, -0.15) is 0 Å². The summed E-state index contributed by atoms with van der Waals surface area (Å²) < 4.78 is 26.1. The number of sulfone groups is 1. The van der Waals surface area contributed by atoms with E-state index in [2.05, 4.69) is 35.1 Å². The van der Waals surface area contributed by atoms with Gasteiger partial charge in [0.1, 0.15) is 12.1 Å². The SMILES string of the molecule is CC1(C)[C@@H]2[C@H]3C(=O)N[C@@H](C(=O)C(=O)NC4CC4)CCCCCCCC[C@@H](NC(=O)NC4([C@@H]5CCCS5(=O)=O)CCCCC4)C(=O)N3C[C@@H]21. The average Bonchev–Trinajstić information content (AvgIpc) is 3.82. The summed E-state index contributed by atoms with van der Waals surface area (Å²) in [5, 5.41) is 11.1. The summed E-state index contributed by atoms with van der Waals surface area (Å²) in [6, 6.07) is -3.17. The maximum Gasteiger partial charge on any atom is 0.315 e. The van der Waals surface area contributed by atoms with E-state index >= 15 is 0 Å². The van der Waals surface area contributed by atoms with Crippen LogP contribution in [0, 0.1) is 17.3 Å². The molecule has 6 rings (SSSR count). The molecule has 13 heteroatoms. The number of piperidine rings is 1. The lowest BCUT2D eigenvalue weighted by Crippen LogP contribution is -2.63. The number of ketones is 1. The van der Waals surface area contributed by atoms with E-state index < -0.39 is 62.4 Å². The summed E-state index contributed by atoms with van der Waals surface area (Å²) in [4.78, 5) is 69.8. The predicted octanol–water partition coefficient (Wildman–Crippen LogP) is 2.88. The van der Waals surface area contributed by atoms with Crippen LogP contribution in [0.25, 0.3) is 0 Å². The Labute approximate surface area is 285 Å². The molecule has 3 aliphatic heterocycles. The van der Waals surface area contributed by atoms with Gasteiger partial charge in [-0.3, -0.25) is 19.2 Å². The van der Waals surface area contributed by atoms with Gasteiger partial charge in [0.15, 0.2) is 9.84 Å². The molecule has 6 fully saturated rings. The maximum absolute atomic E-state index is 14.4. The van der Waals surface area contributed by atoms with Gasteiger partial charge in [-0.15, -0.1) is 0 Å². The van der Waals surface area contributed by atoms with E-state index in [9.17, 15) is 32.4 Å². The highest BCUT2D eigenvalue weighted by atomic mass is 32.2. The van der Waals surface area contributed by atoms with Crippen LogP contribution >= 0.6 is 0 Å². The first-order valence-electron chi connectivity index (χ1n) is 18.6. The zero-order valence-electron chi connectivity index (χ0n) is 28.7. The summed E-state index contributed by atoms with van der Waals surface area (Å²) in [6.45, 7) is 4.55. The Morgan fingerprint density at radius 2 is 1.46 bits per heavy atom. The van der Waals surface area contributed by atoms with Crippen LogP contribution < -0.4 is 21.3 Å². The van der Waals surface area contributed by atoms with Crippen molar-refractivity contribution < 1.29 is 32.4 Å². The number of nitrogens with zero attached hydrogens (tertiary/aromatic N) is 1. The first-order valence-corrected chi connectivity index (χ1v) is 20.3. The third-order valence-electron chi connectivity index (χ3n) is 12.4. The number of rotatable bonds is 6. The second-order valence-electron chi connectivity index (χ2n) is 16.1. The molecule has 0 radical (unpaired) electrons. The van der Waals surface area contributed by atoms with Crippen LogP contribution in [0.4, 0.5) is 4.79 Å². The van der Waals surface area contributed by atoms with E-state index in [-0.39, 0.29) is 35.0 Å². The van der Waals surface area contributed by atoms with Crippen molar-refractivity contribution in [2.24, 2.45) is 17.3 Å². The van der Waals surface area contributed by atoms with Gasteiger partial charge in [0.2, 0.25) is 17.6 Å². The van der Waals surface area contributed by atoms with Crippen molar-refractivity contribution in [2.45, 2.75) is 158 Å². The molecule has 0 spiro atoms. The molecule has 3 heterocycles. The molecular formula is C35H55N5O7S. The predicted molar refractivity (Wildman–Crippen MR) is 179 cm³/mol. The summed E-state index contributed by atoms with van der Waals surface area (Å²) in [7, 11) is -3.33. The van der Waals surface area contributed by atoms with Crippen LogP contribution in [0.3, 0.4) is 0 Å². The van der Waals surface area contributed by atoms with Crippen molar-refractivity contribution in [3.05, 3.63) is 0 Å². The van der Waals surface area contributed by atoms with Crippen LogP contribution in [0.2, 0.25) is 0 Å². The molecule has 4 N–H and O–H groups in total. The highest BCUT2D eigenvalue weighted by Crippen LogP contribution is 2.65. The van der Waals surface area contributed by atoms with E-state index in [4.69, 9.17) is 0 Å². The fourth-order valence-electron chi connectivity index (χ4n) is 9.39. The summed E-state index contributed by atoms with van der Waals surface area (Å²) >= 11 is 0. The zero-order valence-corrected chi connectivity index (χ0v) is 29.5. The Kier molecular flexibility index (Phi) is 10.2. The van der Waals surface area contributed by atoms with Crippen molar-refractivity contribution in [1.29, 1.82) is 0 Å². The normalized spacial score (nSPS) is 34.8. The molecule has 6 aliphatic rings. The zero-order chi connectivity index (χ0) is 34.3. The Bertz CT molecular complexity index is 1390. The Hall–Kier alpha value is -2.70. The molecule has 3 aliphatic carbocycles. The van der Waals surface area contributed by atoms with Gasteiger partial charge >= 0.3 is 6.03 Å². The Morgan fingerprint density at radius 1 is 0.812 bits per heavy atom. The molecule has 268 valence electrons. The Morgan fingerprint density at radius 3 is 2.10 bits per heavy atom. The van der Waals surface area contributed by atoms with Gasteiger partial charge in [0, 0.05) is 12.6 Å². The van der Waals surface area contributed by atoms with Crippen LogP contribution in [0.5, 0.6) is 0 Å². The number of amides is 5. The van der Waals surface area contributed by atoms with Gasteiger partial charge in [-0.05, 0) is 68.6 Å². The van der Waals surface area contributed by atoms with E-state index in [0.717, 1.165) is 57.8 Å². The minimum Gasteiger partial charge on any atom is -0.347 e. The molecule has 3 saturated carbocycles. The summed E-state index contributed by atoms with van der Waals surface area (Å²) in [5.41, 5.74) is -1.01. The number of hydrogen-bond acceptors (Lipinski definition) is 7. The van der Waals surface area contributed by atoms with Gasteiger partial charge in [0.25, 0.3) is 5.91 Å². The fraction of sp³-hybridized carbons (Fsp3) is 0.857. The lowest BCUT2D eigenvalue weighted by atomic mass is 9.78. The van der Waals surface area contributed by atoms with Crippen LogP contribution in [0.1, 0.15) is 123 Å². The van der Waals surface area contributed by atoms with Gasteiger partial charge in [-0.25, -0.2) is 13.2 Å². The third kappa shape index (κ3) is 7.26. The van der Waals surface area contributed by atoms with Crippen LogP contribution in [-0.4, -0.2) is 90.1 Å². The molecule has 3 saturated heterocycles. The van der Waals surface area contributed by atoms with Crippen LogP contribution in [-0.2, 0) is 29.0 Å². The maximum atomic E-state index is 14.4. The van der Waals surface area contributed by atoms with Crippen LogP contribution in [0.15, 0.2) is 0 Å². The van der Waals surface area contributed by atoms with E-state index in [1.54, 1.807) is 4.90 Å². The molecular weight excluding hydrogens is 634 g/mol. The quantitative estimate of drug-likeness (QED) is 0.311. The highest BCUT2D eigenvalue weighted by molar-refractivity contribution is 7.92. The fourth-order valence-corrected chi connectivity index (χ4v) is 11.7. The largest absolute Gasteiger partial charge is 0.347 e. The summed E-state index contributed by atoms with van der Waals surface area (Å²) in [6.07, 6.45) is 12.4. The average molecular weight is 690 g/mol. The second-order valence-corrected chi connectivity index (χ2v) is 18.4. The lowest BCUT2D eigenvalue weighted by molar-refractivity contribution is -0.144. The minimum atomic E-state index is -3.33. The number of carbonyl (C=O) groups is 5. The molecule has 12 nitrogen and oxygen atoms in total. The summed E-state index contributed by atoms with van der Waals surface area (Å²) in [5.74, 6) is -1.91. The van der Waals surface area contributed by atoms with Crippen molar-refractivity contribution in [2.75, 3.05) is 12.3 Å². The molecule has 5 amide bonds. The van der Waals surface area contributed by atoms with Crippen molar-refractivity contribution in [3.8, 4) is 0 Å². The molecule has 6 atom stereocenters. The van der Waals surface area contributed by atoms with Gasteiger partial charge < -0.3 is 26.2 Å². The van der Waals surface area contributed by atoms with E-state index in [0.29, 0.717) is 57.9 Å². The topological polar surface area (TPSA) is 171 Å². The smallest absolute Gasteiger partial charge is 0.315 e. The first kappa shape index (κ1) is 35.1. The van der Waals surface area contributed by atoms with Gasteiger partial charge in [0.05, 0.1) is 22.6 Å². The first-order chi connectivity index (χ1) is 22.8. The molecule has 0 unspecified atom stereocenters. The number of nitrogens with one attached hydrogen (secondary N) is 4. The molecule has 0 aromatic heterocycles. The van der Waals surface area contributed by atoms with Gasteiger partial charge in [-0.1, -0.05) is 71.6 Å². The number of Topliss-reactive ketones (excluding diaryl/α,β-unsaturated/α-hetero) is 1. The molecule has 0 aromatic rings. The third-order valence-corrected chi connectivity index (χ3v) is 14.8. The standard InChI is InChI=1S/C35H55N5O7S/c1-34(2)23-21-40-28(27(23)34)30(42)37-24(29(41)31(43)36-22-16-17-22)13-8-5-3-4-6-9-14-25(32(40)44)38-33(45)39-35(18-10-7-11-19-35)26-15-12-20-48(26,46)47/h22-28H,3-21H2,1-2H3,(H,36,43)(H,37,42)(H2,38,39,45)/t23-,24+,25+,26-,27-,28-/m0/s1. The highest BCUT2D eigenvalue weighted by Gasteiger charge is 2.69. The molecule has 0 bridgehead atoms. The molecule has 48 heavy (non-hydrogen) atoms. The Balaban J connectivity index is 1.21. The number of carbonyl (C=O) groups excluding carboxylic acids is 5. The number of fused-ring (bicyclic) bond motifs is 3. The second kappa shape index (κ2) is 13.9. The lowest BCUT2D eigenvalue weighted by Gasteiger charge is -2.42. The van der Waals surface area contributed by atoms with Crippen molar-refractivity contribution in [1.82, 2.24) is 26.2 Å². The number of urea groups is 1. The minimum absolute atomic E-state index is 0.0209. The van der Waals surface area contributed by atoms with E-state index in [1.165, 1.54) is 0 Å².